The van der Waals surface area contributed by atoms with Crippen molar-refractivity contribution in [2.45, 2.75) is 0 Å². The Kier molecular flexibility index (Phi) is 5.24. The molecule has 1 aromatic carbocycles. The van der Waals surface area contributed by atoms with Gasteiger partial charge in [-0.3, -0.25) is 9.59 Å². The zero-order valence-corrected chi connectivity index (χ0v) is 11.9. The fourth-order valence-corrected chi connectivity index (χ4v) is 1.87. The molecule has 0 radical (unpaired) electrons. The lowest BCUT2D eigenvalue weighted by molar-refractivity contribution is 0.0552. The summed E-state index contributed by atoms with van der Waals surface area (Å²) in [4.78, 5) is 46.2. The van der Waals surface area contributed by atoms with E-state index in [1.807, 2.05) is 0 Å². The van der Waals surface area contributed by atoms with Gasteiger partial charge < -0.3 is 9.47 Å². The van der Waals surface area contributed by atoms with Crippen molar-refractivity contribution in [1.29, 1.82) is 0 Å². The first kappa shape index (κ1) is 16.1. The summed E-state index contributed by atoms with van der Waals surface area (Å²) in [5.74, 6) is -2.04. The summed E-state index contributed by atoms with van der Waals surface area (Å²) in [6.45, 7) is 0. The van der Waals surface area contributed by atoms with Crippen LogP contribution in [0.25, 0.3) is 0 Å². The van der Waals surface area contributed by atoms with Crippen LogP contribution in [-0.4, -0.2) is 36.6 Å². The number of hydrogen-bond acceptors (Lipinski definition) is 6. The molecule has 0 spiro atoms. The van der Waals surface area contributed by atoms with E-state index in [0.29, 0.717) is 0 Å². The van der Waals surface area contributed by atoms with Crippen molar-refractivity contribution in [2.24, 2.45) is 0 Å². The summed E-state index contributed by atoms with van der Waals surface area (Å²) in [5.41, 5.74) is -1.52. The van der Waals surface area contributed by atoms with E-state index in [1.54, 1.807) is 0 Å². The lowest BCUT2D eigenvalue weighted by Gasteiger charge is -2.12. The molecule has 0 aliphatic rings. The SMILES string of the molecule is COC(=O)c1c(C(=O)Cl)ccc(C(=O)Cl)c1C(=O)OC. The minimum atomic E-state index is -1.02. The zero-order valence-electron chi connectivity index (χ0n) is 10.4. The van der Waals surface area contributed by atoms with Crippen molar-refractivity contribution in [2.75, 3.05) is 14.2 Å². The summed E-state index contributed by atoms with van der Waals surface area (Å²) in [6.07, 6.45) is 0. The van der Waals surface area contributed by atoms with E-state index < -0.39 is 33.6 Å². The molecule has 6 nitrogen and oxygen atoms in total. The summed E-state index contributed by atoms with van der Waals surface area (Å²) >= 11 is 10.7. The number of carbonyl (C=O) groups is 4. The summed E-state index contributed by atoms with van der Waals surface area (Å²) < 4.78 is 8.97. The molecule has 1 rings (SSSR count). The third-order valence-electron chi connectivity index (χ3n) is 2.41. The van der Waals surface area contributed by atoms with Gasteiger partial charge >= 0.3 is 11.9 Å². The van der Waals surface area contributed by atoms with Crippen molar-refractivity contribution in [3.63, 3.8) is 0 Å². The van der Waals surface area contributed by atoms with E-state index in [-0.39, 0.29) is 11.1 Å². The van der Waals surface area contributed by atoms with E-state index in [9.17, 15) is 19.2 Å². The predicted octanol–water partition coefficient (Wildman–Crippen LogP) is 2.02. The van der Waals surface area contributed by atoms with Crippen molar-refractivity contribution < 1.29 is 28.7 Å². The van der Waals surface area contributed by atoms with Crippen LogP contribution in [0.3, 0.4) is 0 Å². The second-order valence-electron chi connectivity index (χ2n) is 3.44. The number of esters is 2. The molecule has 0 unspecified atom stereocenters. The van der Waals surface area contributed by atoms with Gasteiger partial charge in [0.05, 0.1) is 25.3 Å². The predicted molar refractivity (Wildman–Crippen MR) is 69.5 cm³/mol. The second-order valence-corrected chi connectivity index (χ2v) is 4.13. The van der Waals surface area contributed by atoms with Crippen molar-refractivity contribution in [1.82, 2.24) is 0 Å². The number of ether oxygens (including phenoxy) is 2. The van der Waals surface area contributed by atoms with Gasteiger partial charge in [0, 0.05) is 11.1 Å². The first-order valence-electron chi connectivity index (χ1n) is 5.08. The topological polar surface area (TPSA) is 86.7 Å². The lowest BCUT2D eigenvalue weighted by atomic mass is 9.96. The molecule has 0 aliphatic carbocycles. The fraction of sp³-hybridized carbons (Fsp3) is 0.167. The number of hydrogen-bond donors (Lipinski definition) is 0. The Morgan fingerprint density at radius 2 is 1.10 bits per heavy atom. The highest BCUT2D eigenvalue weighted by Gasteiger charge is 2.29. The highest BCUT2D eigenvalue weighted by molar-refractivity contribution is 6.69. The molecular formula is C12H8Cl2O6. The van der Waals surface area contributed by atoms with Gasteiger partial charge in [-0.25, -0.2) is 9.59 Å². The number of rotatable bonds is 4. The molecule has 106 valence electrons. The maximum Gasteiger partial charge on any atom is 0.339 e. The van der Waals surface area contributed by atoms with Crippen LogP contribution in [0.4, 0.5) is 0 Å². The molecule has 0 atom stereocenters. The van der Waals surface area contributed by atoms with Crippen LogP contribution >= 0.6 is 23.2 Å². The molecule has 0 aromatic heterocycles. The van der Waals surface area contributed by atoms with Crippen LogP contribution in [0.5, 0.6) is 0 Å². The molecule has 0 N–H and O–H groups in total. The van der Waals surface area contributed by atoms with Gasteiger partial charge in [0.2, 0.25) is 0 Å². The second kappa shape index (κ2) is 6.49. The van der Waals surface area contributed by atoms with Gasteiger partial charge in [0.1, 0.15) is 0 Å². The Labute approximate surface area is 123 Å². The lowest BCUT2D eigenvalue weighted by Crippen LogP contribution is -2.19. The van der Waals surface area contributed by atoms with E-state index in [2.05, 4.69) is 9.47 Å². The van der Waals surface area contributed by atoms with Gasteiger partial charge in [-0.15, -0.1) is 0 Å². The zero-order chi connectivity index (χ0) is 15.4. The summed E-state index contributed by atoms with van der Waals surface area (Å²) in [6, 6.07) is 2.20. The third kappa shape index (κ3) is 2.97. The standard InChI is InChI=1S/C12H8Cl2O6/c1-19-11(17)7-5(9(13)15)3-4-6(10(14)16)8(7)12(18)20-2/h3-4H,1-2H3. The van der Waals surface area contributed by atoms with E-state index >= 15 is 0 Å². The third-order valence-corrected chi connectivity index (χ3v) is 2.82. The molecule has 0 amide bonds. The highest BCUT2D eigenvalue weighted by atomic mass is 35.5. The Morgan fingerprint density at radius 3 is 1.30 bits per heavy atom. The van der Waals surface area contributed by atoms with Gasteiger partial charge in [0.15, 0.2) is 0 Å². The summed E-state index contributed by atoms with van der Waals surface area (Å²) in [5, 5.41) is -1.99. The molecule has 0 fully saturated rings. The normalized spacial score (nSPS) is 9.80. The monoisotopic (exact) mass is 318 g/mol. The maximum atomic E-state index is 11.8. The van der Waals surface area contributed by atoms with Crippen LogP contribution in [0.15, 0.2) is 12.1 Å². The van der Waals surface area contributed by atoms with Gasteiger partial charge in [-0.05, 0) is 35.3 Å². The smallest absolute Gasteiger partial charge is 0.339 e. The number of carbonyl (C=O) groups excluding carboxylic acids is 4. The highest BCUT2D eigenvalue weighted by Crippen LogP contribution is 2.24. The number of benzene rings is 1. The van der Waals surface area contributed by atoms with Crippen molar-refractivity contribution >= 4 is 45.6 Å². The van der Waals surface area contributed by atoms with E-state index in [1.165, 1.54) is 0 Å². The minimum absolute atomic E-state index is 0.291. The molecule has 0 saturated carbocycles. The maximum absolute atomic E-state index is 11.8. The Morgan fingerprint density at radius 1 is 0.800 bits per heavy atom. The molecular weight excluding hydrogens is 311 g/mol. The quantitative estimate of drug-likeness (QED) is 0.623. The van der Waals surface area contributed by atoms with Gasteiger partial charge in [-0.2, -0.15) is 0 Å². The number of methoxy groups -OCH3 is 2. The minimum Gasteiger partial charge on any atom is -0.465 e. The molecule has 0 heterocycles. The molecule has 8 heteroatoms. The first-order chi connectivity index (χ1) is 9.34. The Bertz CT molecular complexity index is 555. The van der Waals surface area contributed by atoms with E-state index in [4.69, 9.17) is 23.2 Å². The first-order valence-corrected chi connectivity index (χ1v) is 5.84. The molecule has 0 saturated heterocycles. The fourth-order valence-electron chi connectivity index (χ4n) is 1.56. The molecule has 1 aromatic rings. The van der Waals surface area contributed by atoms with Crippen molar-refractivity contribution in [3.8, 4) is 0 Å². The largest absolute Gasteiger partial charge is 0.465 e. The average molecular weight is 319 g/mol. The summed E-state index contributed by atoms with van der Waals surface area (Å²) in [7, 11) is 2.09. The van der Waals surface area contributed by atoms with Gasteiger partial charge in [-0.1, -0.05) is 0 Å². The Balaban J connectivity index is 3.82. The van der Waals surface area contributed by atoms with Crippen LogP contribution in [0.1, 0.15) is 41.4 Å². The molecule has 0 bridgehead atoms. The van der Waals surface area contributed by atoms with Crippen molar-refractivity contribution in [3.05, 3.63) is 34.4 Å². The number of halogens is 2. The molecule has 20 heavy (non-hydrogen) atoms. The van der Waals surface area contributed by atoms with Crippen LogP contribution in [-0.2, 0) is 9.47 Å². The molecule has 0 aliphatic heterocycles. The van der Waals surface area contributed by atoms with Gasteiger partial charge in [0.25, 0.3) is 10.5 Å². The Hall–Kier alpha value is -1.92. The average Bonchev–Trinajstić information content (AvgIpc) is 2.43. The van der Waals surface area contributed by atoms with E-state index in [0.717, 1.165) is 26.4 Å². The van der Waals surface area contributed by atoms with Crippen LogP contribution in [0.2, 0.25) is 0 Å². The van der Waals surface area contributed by atoms with Crippen LogP contribution < -0.4 is 0 Å². The van der Waals surface area contributed by atoms with Crippen LogP contribution in [0, 0.1) is 0 Å².